The number of hydrogen-bond donors (Lipinski definition) is 1. The van der Waals surface area contributed by atoms with Crippen molar-refractivity contribution in [1.29, 1.82) is 0 Å². The van der Waals surface area contributed by atoms with E-state index in [9.17, 15) is 8.42 Å². The van der Waals surface area contributed by atoms with E-state index in [-0.39, 0.29) is 5.16 Å². The molecule has 3 aromatic rings. The summed E-state index contributed by atoms with van der Waals surface area (Å²) in [6.07, 6.45) is 2.56. The second-order valence-electron chi connectivity index (χ2n) is 4.58. The minimum atomic E-state index is -3.43. The van der Waals surface area contributed by atoms with Gasteiger partial charge in [-0.25, -0.2) is 13.4 Å². The Hall–Kier alpha value is -2.28. The van der Waals surface area contributed by atoms with Crippen LogP contribution in [0.2, 0.25) is 0 Å². The molecule has 3 rings (SSSR count). The van der Waals surface area contributed by atoms with E-state index in [2.05, 4.69) is 20.2 Å². The van der Waals surface area contributed by atoms with Gasteiger partial charge in [0.15, 0.2) is 5.65 Å². The molecular weight excluding hydrogens is 276 g/mol. The zero-order valence-corrected chi connectivity index (χ0v) is 11.8. The summed E-state index contributed by atoms with van der Waals surface area (Å²) in [6, 6.07) is 7.84. The lowest BCUT2D eigenvalue weighted by Crippen LogP contribution is -2.03. The molecule has 102 valence electrons. The molecule has 0 bridgehead atoms. The second-order valence-corrected chi connectivity index (χ2v) is 6.49. The molecule has 0 amide bonds. The van der Waals surface area contributed by atoms with E-state index in [0.717, 1.165) is 23.1 Å². The summed E-state index contributed by atoms with van der Waals surface area (Å²) >= 11 is 0. The minimum Gasteiger partial charge on any atom is -0.275 e. The van der Waals surface area contributed by atoms with Crippen LogP contribution in [0.3, 0.4) is 0 Å². The third kappa shape index (κ3) is 2.05. The van der Waals surface area contributed by atoms with Crippen LogP contribution in [0.15, 0.2) is 35.6 Å². The Morgan fingerprint density at radius 1 is 1.20 bits per heavy atom. The predicted molar refractivity (Wildman–Crippen MR) is 75.0 cm³/mol. The van der Waals surface area contributed by atoms with Crippen molar-refractivity contribution in [2.24, 2.45) is 0 Å². The Morgan fingerprint density at radius 2 is 1.95 bits per heavy atom. The lowest BCUT2D eigenvalue weighted by molar-refractivity contribution is 0.593. The fraction of sp³-hybridized carbons (Fsp3) is 0.154. The van der Waals surface area contributed by atoms with Gasteiger partial charge >= 0.3 is 0 Å². The first-order chi connectivity index (χ1) is 9.47. The van der Waals surface area contributed by atoms with Crippen molar-refractivity contribution in [3.05, 3.63) is 36.0 Å². The summed E-state index contributed by atoms with van der Waals surface area (Å²) in [6.45, 7) is 1.99. The first-order valence-electron chi connectivity index (χ1n) is 5.94. The Kier molecular flexibility index (Phi) is 2.79. The Labute approximate surface area is 115 Å². The molecule has 0 saturated heterocycles. The average molecular weight is 288 g/mol. The largest absolute Gasteiger partial charge is 0.275 e. The molecule has 0 aliphatic carbocycles. The summed E-state index contributed by atoms with van der Waals surface area (Å²) in [5.41, 5.74) is 3.22. The molecule has 2 aromatic heterocycles. The van der Waals surface area contributed by atoms with Crippen LogP contribution in [0.4, 0.5) is 0 Å². The van der Waals surface area contributed by atoms with E-state index >= 15 is 0 Å². The number of nitrogens with zero attached hydrogens (tertiary/aromatic N) is 3. The minimum absolute atomic E-state index is 0.215. The highest BCUT2D eigenvalue weighted by Crippen LogP contribution is 2.27. The predicted octanol–water partition coefficient (Wildman–Crippen LogP) is 1.73. The molecule has 0 radical (unpaired) electrons. The average Bonchev–Trinajstić information content (AvgIpc) is 2.81. The van der Waals surface area contributed by atoms with Gasteiger partial charge in [-0.1, -0.05) is 24.3 Å². The summed E-state index contributed by atoms with van der Waals surface area (Å²) in [5, 5.41) is 7.46. The van der Waals surface area contributed by atoms with E-state index in [1.165, 1.54) is 6.20 Å². The van der Waals surface area contributed by atoms with Crippen molar-refractivity contribution in [2.75, 3.05) is 6.26 Å². The van der Waals surface area contributed by atoms with Crippen molar-refractivity contribution in [3.63, 3.8) is 0 Å². The zero-order chi connectivity index (χ0) is 14.3. The molecule has 6 nitrogen and oxygen atoms in total. The number of H-pyrrole nitrogens is 1. The van der Waals surface area contributed by atoms with Crippen LogP contribution in [0.1, 0.15) is 5.56 Å². The maximum Gasteiger partial charge on any atom is 0.248 e. The Balaban J connectivity index is 2.24. The van der Waals surface area contributed by atoms with Crippen molar-refractivity contribution < 1.29 is 8.42 Å². The third-order valence-corrected chi connectivity index (χ3v) is 3.90. The number of nitrogens with one attached hydrogen (secondary N) is 1. The number of aromatic amines is 1. The Bertz CT molecular complexity index is 900. The van der Waals surface area contributed by atoms with E-state index in [1.807, 2.05) is 31.2 Å². The van der Waals surface area contributed by atoms with Gasteiger partial charge in [-0.2, -0.15) is 10.1 Å². The number of fused-ring (bicyclic) bond motifs is 1. The summed E-state index contributed by atoms with van der Waals surface area (Å²) in [7, 11) is -3.43. The quantitative estimate of drug-likeness (QED) is 0.725. The maximum absolute atomic E-state index is 11.4. The first kappa shape index (κ1) is 12.7. The zero-order valence-electron chi connectivity index (χ0n) is 11.0. The van der Waals surface area contributed by atoms with Crippen LogP contribution in [0.5, 0.6) is 0 Å². The standard InChI is InChI=1S/C13H12N4O2S/c1-8-5-3-4-6-9(8)11-10-7-14-13(20(2,18)19)15-12(10)17-16-11/h3-7H,1-2H3,(H,14,15,16,17). The number of rotatable bonds is 2. The van der Waals surface area contributed by atoms with Gasteiger partial charge in [-0.15, -0.1) is 0 Å². The fourth-order valence-corrected chi connectivity index (χ4v) is 2.52. The highest BCUT2D eigenvalue weighted by Gasteiger charge is 2.16. The van der Waals surface area contributed by atoms with Crippen LogP contribution in [0.25, 0.3) is 22.3 Å². The molecule has 0 aliphatic rings. The van der Waals surface area contributed by atoms with Crippen molar-refractivity contribution in [2.45, 2.75) is 12.1 Å². The highest BCUT2D eigenvalue weighted by molar-refractivity contribution is 7.90. The molecule has 0 spiro atoms. The molecule has 1 N–H and O–H groups in total. The topological polar surface area (TPSA) is 88.6 Å². The molecular formula is C13H12N4O2S. The molecule has 2 heterocycles. The molecule has 1 aromatic carbocycles. The SMILES string of the molecule is Cc1ccccc1-c1[nH]nc2nc(S(C)(=O)=O)ncc12. The molecule has 0 atom stereocenters. The number of aryl methyl sites for hydroxylation is 1. The monoisotopic (exact) mass is 288 g/mol. The second kappa shape index (κ2) is 4.38. The van der Waals surface area contributed by atoms with E-state index in [1.54, 1.807) is 0 Å². The maximum atomic E-state index is 11.4. The summed E-state index contributed by atoms with van der Waals surface area (Å²) < 4.78 is 22.9. The van der Waals surface area contributed by atoms with Gasteiger partial charge in [-0.3, -0.25) is 5.10 Å². The fourth-order valence-electron chi connectivity index (χ4n) is 2.03. The smallest absolute Gasteiger partial charge is 0.248 e. The number of aromatic nitrogens is 4. The normalized spacial score (nSPS) is 11.9. The molecule has 0 aliphatic heterocycles. The van der Waals surface area contributed by atoms with Gasteiger partial charge in [0.1, 0.15) is 0 Å². The number of hydrogen-bond acceptors (Lipinski definition) is 5. The molecule has 20 heavy (non-hydrogen) atoms. The van der Waals surface area contributed by atoms with Crippen LogP contribution < -0.4 is 0 Å². The van der Waals surface area contributed by atoms with Crippen molar-refractivity contribution >= 4 is 20.9 Å². The molecule has 7 heteroatoms. The van der Waals surface area contributed by atoms with Gasteiger partial charge in [0.25, 0.3) is 0 Å². The molecule has 0 saturated carbocycles. The van der Waals surface area contributed by atoms with Crippen LogP contribution in [0, 0.1) is 6.92 Å². The van der Waals surface area contributed by atoms with Crippen molar-refractivity contribution in [1.82, 2.24) is 20.2 Å². The summed E-state index contributed by atoms with van der Waals surface area (Å²) in [5.74, 6) is 0. The Morgan fingerprint density at radius 3 is 2.65 bits per heavy atom. The lowest BCUT2D eigenvalue weighted by Gasteiger charge is -2.02. The van der Waals surface area contributed by atoms with E-state index in [0.29, 0.717) is 11.0 Å². The number of sulfone groups is 1. The molecule has 0 unspecified atom stereocenters. The van der Waals surface area contributed by atoms with E-state index < -0.39 is 9.84 Å². The van der Waals surface area contributed by atoms with E-state index in [4.69, 9.17) is 0 Å². The third-order valence-electron chi connectivity index (χ3n) is 3.04. The highest BCUT2D eigenvalue weighted by atomic mass is 32.2. The van der Waals surface area contributed by atoms with Gasteiger partial charge in [-0.05, 0) is 12.5 Å². The molecule has 0 fully saturated rings. The van der Waals surface area contributed by atoms with Crippen molar-refractivity contribution in [3.8, 4) is 11.3 Å². The number of benzene rings is 1. The first-order valence-corrected chi connectivity index (χ1v) is 7.83. The van der Waals surface area contributed by atoms with Gasteiger partial charge in [0.05, 0.1) is 11.1 Å². The van der Waals surface area contributed by atoms with Crippen LogP contribution in [-0.4, -0.2) is 34.8 Å². The van der Waals surface area contributed by atoms with Gasteiger partial charge in [0, 0.05) is 18.0 Å². The van der Waals surface area contributed by atoms with Crippen LogP contribution >= 0.6 is 0 Å². The lowest BCUT2D eigenvalue weighted by atomic mass is 10.0. The summed E-state index contributed by atoms with van der Waals surface area (Å²) in [4.78, 5) is 7.89. The van der Waals surface area contributed by atoms with Gasteiger partial charge in [0.2, 0.25) is 15.0 Å². The van der Waals surface area contributed by atoms with Crippen LogP contribution in [-0.2, 0) is 9.84 Å². The van der Waals surface area contributed by atoms with Gasteiger partial charge < -0.3 is 0 Å².